The molecule has 0 unspecified atom stereocenters. The van der Waals surface area contributed by atoms with Crippen LogP contribution in [0.5, 0.6) is 0 Å². The number of sulfonamides is 1. The van der Waals surface area contributed by atoms with Gasteiger partial charge in [0.1, 0.15) is 40.2 Å². The monoisotopic (exact) mass is 484 g/mol. The van der Waals surface area contributed by atoms with E-state index in [1.807, 2.05) is 6.07 Å². The number of aliphatic hydroxyl groups is 1. The summed E-state index contributed by atoms with van der Waals surface area (Å²) in [4.78, 5) is 19.4. The SMILES string of the molecule is C[C@H](NS(=O)(=O)c1cccc2nsnc12)C(=O)OCC(O)=C(C#N)c1nc2ccccc2[nH]1. The second-order valence-electron chi connectivity index (χ2n) is 6.87. The lowest BCUT2D eigenvalue weighted by molar-refractivity contribution is -0.144. The molecule has 4 rings (SSSR count). The molecular formula is C20H16N6O5S2. The highest BCUT2D eigenvalue weighted by Crippen LogP contribution is 2.22. The first-order valence-electron chi connectivity index (χ1n) is 9.47. The van der Waals surface area contributed by atoms with E-state index in [-0.39, 0.29) is 21.8 Å². The Morgan fingerprint density at radius 2 is 2.00 bits per heavy atom. The zero-order chi connectivity index (χ0) is 23.6. The van der Waals surface area contributed by atoms with Gasteiger partial charge < -0.3 is 14.8 Å². The van der Waals surface area contributed by atoms with Gasteiger partial charge in [0, 0.05) is 0 Å². The van der Waals surface area contributed by atoms with Crippen LogP contribution in [0.1, 0.15) is 12.7 Å². The highest BCUT2D eigenvalue weighted by atomic mass is 32.2. The smallest absolute Gasteiger partial charge is 0.324 e. The van der Waals surface area contributed by atoms with Crippen molar-refractivity contribution in [2.24, 2.45) is 0 Å². The van der Waals surface area contributed by atoms with E-state index < -0.39 is 34.4 Å². The Bertz CT molecular complexity index is 1500. The number of benzene rings is 2. The molecule has 0 aliphatic carbocycles. The second kappa shape index (κ2) is 8.94. The number of nitrogens with zero attached hydrogens (tertiary/aromatic N) is 4. The summed E-state index contributed by atoms with van der Waals surface area (Å²) >= 11 is 0.873. The molecule has 2 aromatic heterocycles. The van der Waals surface area contributed by atoms with Crippen molar-refractivity contribution in [2.45, 2.75) is 17.9 Å². The Morgan fingerprint density at radius 1 is 1.24 bits per heavy atom. The number of rotatable bonds is 7. The lowest BCUT2D eigenvalue weighted by Gasteiger charge is -2.14. The fourth-order valence-electron chi connectivity index (χ4n) is 3.00. The number of fused-ring (bicyclic) bond motifs is 2. The Morgan fingerprint density at radius 3 is 2.76 bits per heavy atom. The van der Waals surface area contributed by atoms with E-state index in [1.165, 1.54) is 19.1 Å². The molecule has 1 atom stereocenters. The van der Waals surface area contributed by atoms with Crippen molar-refractivity contribution in [3.05, 3.63) is 54.0 Å². The van der Waals surface area contributed by atoms with Crippen LogP contribution < -0.4 is 4.72 Å². The number of hydrogen-bond donors (Lipinski definition) is 3. The summed E-state index contributed by atoms with van der Waals surface area (Å²) in [5.41, 5.74) is 1.68. The summed E-state index contributed by atoms with van der Waals surface area (Å²) in [5.74, 6) is -1.36. The topological polar surface area (TPSA) is 171 Å². The number of nitrogens with one attached hydrogen (secondary N) is 2. The van der Waals surface area contributed by atoms with Crippen LogP contribution in [0.15, 0.2) is 53.1 Å². The normalized spacial score (nSPS) is 13.5. The molecule has 0 bridgehead atoms. The Kier molecular flexibility index (Phi) is 6.05. The van der Waals surface area contributed by atoms with Gasteiger partial charge >= 0.3 is 5.97 Å². The quantitative estimate of drug-likeness (QED) is 0.202. The number of esters is 1. The number of hydrogen-bond acceptors (Lipinski definition) is 10. The molecule has 11 nitrogen and oxygen atoms in total. The van der Waals surface area contributed by atoms with Gasteiger partial charge in [-0.05, 0) is 31.2 Å². The van der Waals surface area contributed by atoms with Gasteiger partial charge in [-0.3, -0.25) is 4.79 Å². The summed E-state index contributed by atoms with van der Waals surface area (Å²) in [6.07, 6.45) is 0. The van der Waals surface area contributed by atoms with Crippen molar-refractivity contribution in [1.29, 1.82) is 5.26 Å². The number of carbonyl (C=O) groups excluding carboxylic acids is 1. The molecule has 0 aliphatic heterocycles. The van der Waals surface area contributed by atoms with Crippen molar-refractivity contribution < 1.29 is 23.1 Å². The van der Waals surface area contributed by atoms with E-state index in [2.05, 4.69) is 23.4 Å². The maximum atomic E-state index is 12.7. The molecule has 13 heteroatoms. The van der Waals surface area contributed by atoms with E-state index in [0.717, 1.165) is 11.7 Å². The number of aromatic amines is 1. The summed E-state index contributed by atoms with van der Waals surface area (Å²) < 4.78 is 40.7. The number of H-pyrrole nitrogens is 1. The average Bonchev–Trinajstić information content (AvgIpc) is 3.44. The number of allylic oxidation sites excluding steroid dienone is 1. The van der Waals surface area contributed by atoms with Crippen molar-refractivity contribution in [3.8, 4) is 6.07 Å². The highest BCUT2D eigenvalue weighted by Gasteiger charge is 2.26. The molecule has 0 aliphatic rings. The van der Waals surface area contributed by atoms with Crippen LogP contribution in [0.3, 0.4) is 0 Å². The minimum absolute atomic E-state index is 0.117. The van der Waals surface area contributed by atoms with Crippen molar-refractivity contribution >= 4 is 55.4 Å². The van der Waals surface area contributed by atoms with Gasteiger partial charge in [0.25, 0.3) is 0 Å². The van der Waals surface area contributed by atoms with Crippen LogP contribution >= 0.6 is 11.7 Å². The van der Waals surface area contributed by atoms with Gasteiger partial charge in [-0.15, -0.1) is 0 Å². The van der Waals surface area contributed by atoms with Crippen LogP contribution in [-0.4, -0.2) is 50.9 Å². The zero-order valence-electron chi connectivity index (χ0n) is 17.0. The summed E-state index contributed by atoms with van der Waals surface area (Å²) in [6, 6.07) is 12.1. The van der Waals surface area contributed by atoms with E-state index in [1.54, 1.807) is 30.3 Å². The molecule has 2 heterocycles. The summed E-state index contributed by atoms with van der Waals surface area (Å²) in [7, 11) is -4.11. The Labute approximate surface area is 191 Å². The van der Waals surface area contributed by atoms with E-state index in [9.17, 15) is 23.6 Å². The highest BCUT2D eigenvalue weighted by molar-refractivity contribution is 7.89. The number of carbonyl (C=O) groups is 1. The molecule has 3 N–H and O–H groups in total. The number of imidazole rings is 1. The molecule has 0 fully saturated rings. The standard InChI is InChI=1S/C20H16N6O5S2/c1-11(26-33(29,30)17-8-4-7-15-18(17)25-32-24-15)20(28)31-10-16(27)12(9-21)19-22-13-5-2-3-6-14(13)23-19/h2-8,11,26-27H,10H2,1H3,(H,22,23)/t11-/m0/s1. The molecule has 0 spiro atoms. The van der Waals surface area contributed by atoms with Gasteiger partial charge in [0.2, 0.25) is 10.0 Å². The van der Waals surface area contributed by atoms with Gasteiger partial charge in [0.15, 0.2) is 11.6 Å². The van der Waals surface area contributed by atoms with Crippen LogP contribution in [0.25, 0.3) is 27.6 Å². The maximum absolute atomic E-state index is 12.7. The number of ether oxygens (including phenoxy) is 1. The van der Waals surface area contributed by atoms with Gasteiger partial charge in [-0.25, -0.2) is 13.4 Å². The van der Waals surface area contributed by atoms with Crippen LogP contribution in [0, 0.1) is 11.3 Å². The number of para-hydroxylation sites is 2. The molecule has 0 saturated carbocycles. The fraction of sp³-hybridized carbons (Fsp3) is 0.150. The Balaban J connectivity index is 1.46. The largest absolute Gasteiger partial charge is 0.507 e. The van der Waals surface area contributed by atoms with Crippen LogP contribution in [0.4, 0.5) is 0 Å². The van der Waals surface area contributed by atoms with Gasteiger partial charge in [-0.2, -0.15) is 18.7 Å². The zero-order valence-corrected chi connectivity index (χ0v) is 18.6. The third-order valence-corrected chi connectivity index (χ3v) is 6.72. The fourth-order valence-corrected chi connectivity index (χ4v) is 4.96. The molecule has 168 valence electrons. The van der Waals surface area contributed by atoms with E-state index >= 15 is 0 Å². The molecule has 4 aromatic rings. The predicted molar refractivity (Wildman–Crippen MR) is 119 cm³/mol. The first-order chi connectivity index (χ1) is 15.8. The predicted octanol–water partition coefficient (Wildman–Crippen LogP) is 2.27. The first kappa shape index (κ1) is 22.3. The van der Waals surface area contributed by atoms with Crippen molar-refractivity contribution in [2.75, 3.05) is 6.61 Å². The molecule has 0 saturated heterocycles. The molecular weight excluding hydrogens is 468 g/mol. The average molecular weight is 485 g/mol. The summed E-state index contributed by atoms with van der Waals surface area (Å²) in [6.45, 7) is 0.654. The minimum atomic E-state index is -4.11. The minimum Gasteiger partial charge on any atom is -0.507 e. The first-order valence-corrected chi connectivity index (χ1v) is 11.7. The molecule has 2 aromatic carbocycles. The van der Waals surface area contributed by atoms with Crippen molar-refractivity contribution in [3.63, 3.8) is 0 Å². The lowest BCUT2D eigenvalue weighted by Crippen LogP contribution is -2.39. The van der Waals surface area contributed by atoms with Crippen LogP contribution in [-0.2, 0) is 19.6 Å². The number of aliphatic hydroxyl groups excluding tert-OH is 1. The molecule has 0 amide bonds. The van der Waals surface area contributed by atoms with E-state index in [4.69, 9.17) is 4.74 Å². The Hall–Kier alpha value is -3.86. The lowest BCUT2D eigenvalue weighted by atomic mass is 10.2. The molecule has 33 heavy (non-hydrogen) atoms. The number of aromatic nitrogens is 4. The summed E-state index contributed by atoms with van der Waals surface area (Å²) in [5, 5.41) is 19.7. The van der Waals surface area contributed by atoms with Gasteiger partial charge in [0.05, 0.1) is 22.8 Å². The maximum Gasteiger partial charge on any atom is 0.324 e. The van der Waals surface area contributed by atoms with Crippen LogP contribution in [0.2, 0.25) is 0 Å². The third kappa shape index (κ3) is 4.53. The van der Waals surface area contributed by atoms with Crippen molar-refractivity contribution in [1.82, 2.24) is 23.4 Å². The van der Waals surface area contributed by atoms with E-state index in [0.29, 0.717) is 16.6 Å². The third-order valence-electron chi connectivity index (χ3n) is 4.60. The number of nitriles is 1. The molecule has 0 radical (unpaired) electrons. The van der Waals surface area contributed by atoms with Gasteiger partial charge in [-0.1, -0.05) is 18.2 Å². The second-order valence-corrected chi connectivity index (χ2v) is 9.09.